The zero-order valence-electron chi connectivity index (χ0n) is 9.54. The molecule has 88 valence electrons. The molecule has 0 saturated carbocycles. The maximum Gasteiger partial charge on any atom is 0.125 e. The van der Waals surface area contributed by atoms with E-state index in [0.717, 1.165) is 17.0 Å². The van der Waals surface area contributed by atoms with Gasteiger partial charge in [0.05, 0.1) is 11.4 Å². The maximum absolute atomic E-state index is 9.78. The van der Waals surface area contributed by atoms with Crippen molar-refractivity contribution < 1.29 is 5.11 Å². The number of pyridine rings is 1. The molecule has 2 N–H and O–H groups in total. The van der Waals surface area contributed by atoms with Gasteiger partial charge < -0.3 is 5.11 Å². The summed E-state index contributed by atoms with van der Waals surface area (Å²) in [6, 6.07) is 12.9. The largest absolute Gasteiger partial charge is 0.507 e. The van der Waals surface area contributed by atoms with Gasteiger partial charge in [-0.2, -0.15) is 5.10 Å². The summed E-state index contributed by atoms with van der Waals surface area (Å²) in [7, 11) is 0. The summed E-state index contributed by atoms with van der Waals surface area (Å²) in [5.74, 6) is 0.227. The van der Waals surface area contributed by atoms with E-state index in [1.165, 1.54) is 0 Å². The number of benzene rings is 1. The first-order valence-corrected chi connectivity index (χ1v) is 5.59. The van der Waals surface area contributed by atoms with Crippen molar-refractivity contribution in [2.75, 3.05) is 0 Å². The van der Waals surface area contributed by atoms with Gasteiger partial charge in [-0.3, -0.25) is 10.1 Å². The highest BCUT2D eigenvalue weighted by Crippen LogP contribution is 2.29. The predicted molar refractivity (Wildman–Crippen MR) is 68.9 cm³/mol. The van der Waals surface area contributed by atoms with E-state index in [2.05, 4.69) is 15.2 Å². The number of phenolic OH excluding ortho intramolecular Hbond substituents is 1. The molecule has 18 heavy (non-hydrogen) atoms. The Morgan fingerprint density at radius 2 is 1.78 bits per heavy atom. The van der Waals surface area contributed by atoms with Crippen molar-refractivity contribution in [3.05, 3.63) is 54.9 Å². The Labute approximate surface area is 104 Å². The van der Waals surface area contributed by atoms with Gasteiger partial charge in [0.1, 0.15) is 5.75 Å². The third kappa shape index (κ3) is 1.84. The fourth-order valence-electron chi connectivity index (χ4n) is 1.83. The molecule has 2 aromatic heterocycles. The first-order chi connectivity index (χ1) is 8.84. The minimum Gasteiger partial charge on any atom is -0.507 e. The molecule has 3 rings (SSSR count). The number of nitrogens with zero attached hydrogens (tertiary/aromatic N) is 2. The van der Waals surface area contributed by atoms with Gasteiger partial charge in [0.2, 0.25) is 0 Å². The molecule has 0 bridgehead atoms. The quantitative estimate of drug-likeness (QED) is 0.720. The van der Waals surface area contributed by atoms with Crippen LogP contribution < -0.4 is 0 Å². The van der Waals surface area contributed by atoms with Crippen LogP contribution in [0.3, 0.4) is 0 Å². The zero-order chi connectivity index (χ0) is 12.4. The lowest BCUT2D eigenvalue weighted by Gasteiger charge is -1.98. The number of aromatic amines is 1. The fourth-order valence-corrected chi connectivity index (χ4v) is 1.83. The Morgan fingerprint density at radius 1 is 1.00 bits per heavy atom. The fraction of sp³-hybridized carbons (Fsp3) is 0. The average Bonchev–Trinajstić information content (AvgIpc) is 2.90. The molecule has 0 saturated heterocycles. The van der Waals surface area contributed by atoms with Crippen LogP contribution in [0, 0.1) is 0 Å². The van der Waals surface area contributed by atoms with Gasteiger partial charge in [-0.1, -0.05) is 12.1 Å². The molecule has 0 fully saturated rings. The number of rotatable bonds is 2. The van der Waals surface area contributed by atoms with E-state index in [-0.39, 0.29) is 5.75 Å². The van der Waals surface area contributed by atoms with Crippen LogP contribution in [0.4, 0.5) is 0 Å². The summed E-state index contributed by atoms with van der Waals surface area (Å²) >= 11 is 0. The lowest BCUT2D eigenvalue weighted by atomic mass is 10.1. The van der Waals surface area contributed by atoms with Crippen molar-refractivity contribution in [3.63, 3.8) is 0 Å². The molecule has 0 atom stereocenters. The van der Waals surface area contributed by atoms with Crippen molar-refractivity contribution in [1.29, 1.82) is 0 Å². The van der Waals surface area contributed by atoms with E-state index in [4.69, 9.17) is 0 Å². The minimum absolute atomic E-state index is 0.227. The summed E-state index contributed by atoms with van der Waals surface area (Å²) in [4.78, 5) is 3.98. The standard InChI is InChI=1S/C14H11N3O/c18-14-4-2-1-3-11(14)13-9-12(16-17-13)10-5-7-15-8-6-10/h1-9,18H,(H,16,17). The third-order valence-electron chi connectivity index (χ3n) is 2.75. The summed E-state index contributed by atoms with van der Waals surface area (Å²) in [5, 5.41) is 17.0. The van der Waals surface area contributed by atoms with Crippen molar-refractivity contribution in [1.82, 2.24) is 15.2 Å². The van der Waals surface area contributed by atoms with E-state index < -0.39 is 0 Å². The first kappa shape index (κ1) is 10.5. The normalized spacial score (nSPS) is 10.4. The molecule has 0 unspecified atom stereocenters. The summed E-state index contributed by atoms with van der Waals surface area (Å²) < 4.78 is 0. The molecule has 1 aromatic carbocycles. The number of aromatic nitrogens is 3. The zero-order valence-corrected chi connectivity index (χ0v) is 9.54. The molecule has 0 amide bonds. The van der Waals surface area contributed by atoms with Gasteiger partial charge >= 0.3 is 0 Å². The van der Waals surface area contributed by atoms with Crippen LogP contribution in [0.5, 0.6) is 5.75 Å². The Hall–Kier alpha value is -2.62. The smallest absolute Gasteiger partial charge is 0.125 e. The summed E-state index contributed by atoms with van der Waals surface area (Å²) in [5.41, 5.74) is 3.35. The van der Waals surface area contributed by atoms with E-state index in [1.807, 2.05) is 30.3 Å². The van der Waals surface area contributed by atoms with Gasteiger partial charge in [-0.05, 0) is 30.3 Å². The highest BCUT2D eigenvalue weighted by Gasteiger charge is 2.08. The molecular formula is C14H11N3O. The molecule has 0 aliphatic carbocycles. The van der Waals surface area contributed by atoms with Crippen molar-refractivity contribution in [3.8, 4) is 28.3 Å². The highest BCUT2D eigenvalue weighted by atomic mass is 16.3. The molecule has 0 aliphatic heterocycles. The van der Waals surface area contributed by atoms with Gasteiger partial charge in [0, 0.05) is 23.5 Å². The molecule has 0 spiro atoms. The Balaban J connectivity index is 2.03. The van der Waals surface area contributed by atoms with E-state index in [9.17, 15) is 5.11 Å². The second kappa shape index (κ2) is 4.33. The molecular weight excluding hydrogens is 226 g/mol. The molecule has 4 nitrogen and oxygen atoms in total. The number of hydrogen-bond acceptors (Lipinski definition) is 3. The summed E-state index contributed by atoms with van der Waals surface area (Å²) in [6.07, 6.45) is 3.46. The lowest BCUT2D eigenvalue weighted by molar-refractivity contribution is 0.477. The van der Waals surface area contributed by atoms with Crippen LogP contribution in [-0.4, -0.2) is 20.3 Å². The molecule has 3 aromatic rings. The molecule has 2 heterocycles. The first-order valence-electron chi connectivity index (χ1n) is 5.59. The van der Waals surface area contributed by atoms with Gasteiger partial charge in [-0.15, -0.1) is 0 Å². The van der Waals surface area contributed by atoms with Crippen LogP contribution in [0.15, 0.2) is 54.9 Å². The van der Waals surface area contributed by atoms with Gasteiger partial charge in [0.25, 0.3) is 0 Å². The number of nitrogens with one attached hydrogen (secondary N) is 1. The van der Waals surface area contributed by atoms with E-state index in [0.29, 0.717) is 5.56 Å². The molecule has 4 heteroatoms. The van der Waals surface area contributed by atoms with Crippen molar-refractivity contribution in [2.24, 2.45) is 0 Å². The monoisotopic (exact) mass is 237 g/mol. The molecule has 0 aliphatic rings. The SMILES string of the molecule is Oc1ccccc1-c1cc(-c2ccncc2)[nH]n1. The number of aromatic hydroxyl groups is 1. The van der Waals surface area contributed by atoms with Crippen LogP contribution in [0.25, 0.3) is 22.5 Å². The van der Waals surface area contributed by atoms with E-state index >= 15 is 0 Å². The Bertz CT molecular complexity index is 662. The molecule has 0 radical (unpaired) electrons. The van der Waals surface area contributed by atoms with Crippen LogP contribution >= 0.6 is 0 Å². The highest BCUT2D eigenvalue weighted by molar-refractivity contribution is 5.71. The number of phenols is 1. The van der Waals surface area contributed by atoms with Gasteiger partial charge in [0.15, 0.2) is 0 Å². The van der Waals surface area contributed by atoms with Crippen LogP contribution in [0.1, 0.15) is 0 Å². The van der Waals surface area contributed by atoms with Crippen molar-refractivity contribution >= 4 is 0 Å². The van der Waals surface area contributed by atoms with Gasteiger partial charge in [-0.25, -0.2) is 0 Å². The van der Waals surface area contributed by atoms with Crippen LogP contribution in [0.2, 0.25) is 0 Å². The maximum atomic E-state index is 9.78. The minimum atomic E-state index is 0.227. The third-order valence-corrected chi connectivity index (χ3v) is 2.75. The van der Waals surface area contributed by atoms with Crippen LogP contribution in [-0.2, 0) is 0 Å². The predicted octanol–water partition coefficient (Wildman–Crippen LogP) is 2.84. The average molecular weight is 237 g/mol. The topological polar surface area (TPSA) is 61.8 Å². The Kier molecular flexibility index (Phi) is 2.53. The van der Waals surface area contributed by atoms with E-state index in [1.54, 1.807) is 24.5 Å². The Morgan fingerprint density at radius 3 is 2.56 bits per heavy atom. The second-order valence-corrected chi connectivity index (χ2v) is 3.92. The number of hydrogen-bond donors (Lipinski definition) is 2. The van der Waals surface area contributed by atoms with Crippen molar-refractivity contribution in [2.45, 2.75) is 0 Å². The second-order valence-electron chi connectivity index (χ2n) is 3.92. The number of H-pyrrole nitrogens is 1. The number of para-hydroxylation sites is 1. The summed E-state index contributed by atoms with van der Waals surface area (Å²) in [6.45, 7) is 0. The lowest BCUT2D eigenvalue weighted by Crippen LogP contribution is -1.78.